The van der Waals surface area contributed by atoms with Crippen LogP contribution in [0.3, 0.4) is 0 Å². The van der Waals surface area contributed by atoms with Crippen molar-refractivity contribution in [1.29, 1.82) is 0 Å². The van der Waals surface area contributed by atoms with E-state index in [9.17, 15) is 0 Å². The molecule has 0 N–H and O–H groups in total. The van der Waals surface area contributed by atoms with Crippen molar-refractivity contribution in [2.24, 2.45) is 0 Å². The topological polar surface area (TPSA) is 12.9 Å². The van der Waals surface area contributed by atoms with Gasteiger partial charge in [0.15, 0.2) is 0 Å². The Morgan fingerprint density at radius 2 is 1.65 bits per heavy atom. The maximum atomic E-state index is 5.71. The van der Waals surface area contributed by atoms with Crippen LogP contribution in [0.1, 0.15) is 54.9 Å². The van der Waals surface area contributed by atoms with E-state index in [1.165, 1.54) is 5.57 Å². The summed E-state index contributed by atoms with van der Waals surface area (Å²) in [6.07, 6.45) is 7.41. The number of benzene rings is 1. The second kappa shape index (κ2) is 16.8. The van der Waals surface area contributed by atoms with E-state index in [-0.39, 0.29) is 0 Å². The summed E-state index contributed by atoms with van der Waals surface area (Å²) in [5.74, 6) is 0. The van der Waals surface area contributed by atoms with Crippen molar-refractivity contribution in [2.45, 2.75) is 54.9 Å². The quantitative estimate of drug-likeness (QED) is 0.402. The van der Waals surface area contributed by atoms with Crippen molar-refractivity contribution in [3.63, 3.8) is 0 Å². The molecule has 0 saturated heterocycles. The first-order valence-corrected chi connectivity index (χ1v) is 8.85. The smallest absolute Gasteiger partial charge is 0.129 e. The first-order chi connectivity index (χ1) is 11.2. The number of allylic oxidation sites excluding steroid dienone is 4. The van der Waals surface area contributed by atoms with Crippen LogP contribution in [0.2, 0.25) is 5.15 Å². The second-order valence-electron chi connectivity index (χ2n) is 4.22. The van der Waals surface area contributed by atoms with Crippen molar-refractivity contribution in [3.8, 4) is 0 Å². The molecule has 0 atom stereocenters. The molecule has 1 heterocycles. The average Bonchev–Trinajstić information content (AvgIpc) is 2.63. The molecule has 0 unspecified atom stereocenters. The van der Waals surface area contributed by atoms with Gasteiger partial charge in [0.1, 0.15) is 5.15 Å². The third kappa shape index (κ3) is 11.6. The Morgan fingerprint density at radius 1 is 1.04 bits per heavy atom. The van der Waals surface area contributed by atoms with Gasteiger partial charge in [-0.3, -0.25) is 0 Å². The molecule has 0 aliphatic heterocycles. The number of fused-ring (bicyclic) bond motifs is 1. The van der Waals surface area contributed by atoms with E-state index in [4.69, 9.17) is 11.6 Å². The Labute approximate surface area is 148 Å². The molecule has 1 aromatic carbocycles. The number of rotatable bonds is 2. The molecule has 0 aliphatic carbocycles. The molecule has 2 aromatic rings. The molecule has 0 fully saturated rings. The van der Waals surface area contributed by atoms with Crippen LogP contribution in [0.15, 0.2) is 60.2 Å². The fraction of sp³-hybridized carbons (Fsp3) is 0.381. The van der Waals surface area contributed by atoms with Crippen LogP contribution in [-0.2, 0) is 0 Å². The molecule has 128 valence electrons. The van der Waals surface area contributed by atoms with E-state index in [0.29, 0.717) is 5.15 Å². The summed E-state index contributed by atoms with van der Waals surface area (Å²) in [6, 6.07) is 11.7. The van der Waals surface area contributed by atoms with Crippen molar-refractivity contribution in [3.05, 3.63) is 65.4 Å². The van der Waals surface area contributed by atoms with E-state index < -0.39 is 0 Å². The number of pyridine rings is 1. The van der Waals surface area contributed by atoms with Gasteiger partial charge in [-0.25, -0.2) is 4.98 Å². The van der Waals surface area contributed by atoms with Crippen LogP contribution in [0.25, 0.3) is 10.9 Å². The zero-order valence-corrected chi connectivity index (χ0v) is 16.5. The summed E-state index contributed by atoms with van der Waals surface area (Å²) in [5.41, 5.74) is 2.38. The second-order valence-corrected chi connectivity index (χ2v) is 4.61. The standard InChI is InChI=1S/C9H6ClN.C8H14.2C2H6/c10-9-6-5-7-3-1-2-4-8(7)11-9;1-4-6-7-8(3)5-2;2*1-2/h1-6H;4,6-7H,5H2,1-3H3;2*1-2H3/b;6-4-,8-7+;;. The SMILES string of the molecule is C/C=C\C=C(/C)CC.CC.CC.Clc1ccc2ccccc2n1. The molecule has 1 nitrogen and oxygen atoms in total. The van der Waals surface area contributed by atoms with Crippen molar-refractivity contribution in [1.82, 2.24) is 4.98 Å². The predicted octanol–water partition coefficient (Wildman–Crippen LogP) is 7.86. The molecule has 0 spiro atoms. The third-order valence-corrected chi connectivity index (χ3v) is 2.91. The highest BCUT2D eigenvalue weighted by molar-refractivity contribution is 6.29. The van der Waals surface area contributed by atoms with Crippen molar-refractivity contribution >= 4 is 22.5 Å². The van der Waals surface area contributed by atoms with Gasteiger partial charge in [-0.05, 0) is 38.5 Å². The molecule has 0 amide bonds. The summed E-state index contributed by atoms with van der Waals surface area (Å²) in [4.78, 5) is 4.14. The zero-order valence-electron chi connectivity index (χ0n) is 15.7. The molecule has 1 aromatic heterocycles. The molecule has 0 saturated carbocycles. The summed E-state index contributed by atoms with van der Waals surface area (Å²) in [5, 5.41) is 1.67. The summed E-state index contributed by atoms with van der Waals surface area (Å²) >= 11 is 5.71. The van der Waals surface area contributed by atoms with Crippen LogP contribution < -0.4 is 0 Å². The van der Waals surface area contributed by atoms with Gasteiger partial charge in [0.2, 0.25) is 0 Å². The van der Waals surface area contributed by atoms with E-state index in [2.05, 4.69) is 31.0 Å². The maximum Gasteiger partial charge on any atom is 0.129 e. The van der Waals surface area contributed by atoms with Crippen LogP contribution in [0, 0.1) is 0 Å². The summed E-state index contributed by atoms with van der Waals surface area (Å²) in [6.45, 7) is 14.3. The van der Waals surface area contributed by atoms with E-state index in [1.54, 1.807) is 6.07 Å². The average molecular weight is 334 g/mol. The van der Waals surface area contributed by atoms with Crippen LogP contribution in [0.4, 0.5) is 0 Å². The van der Waals surface area contributed by atoms with Crippen molar-refractivity contribution in [2.75, 3.05) is 0 Å². The Kier molecular flexibility index (Phi) is 17.2. The summed E-state index contributed by atoms with van der Waals surface area (Å²) in [7, 11) is 0. The van der Waals surface area contributed by atoms with E-state index in [1.807, 2.05) is 71.0 Å². The largest absolute Gasteiger partial charge is 0.236 e. The monoisotopic (exact) mass is 333 g/mol. The Hall–Kier alpha value is -1.60. The van der Waals surface area contributed by atoms with E-state index in [0.717, 1.165) is 17.3 Å². The molecular formula is C21H32ClN. The highest BCUT2D eigenvalue weighted by Gasteiger charge is 1.92. The maximum absolute atomic E-state index is 5.71. The number of hydrogen-bond acceptors (Lipinski definition) is 1. The van der Waals surface area contributed by atoms with Gasteiger partial charge in [0, 0.05) is 5.39 Å². The number of halogens is 1. The first kappa shape index (κ1) is 23.7. The highest BCUT2D eigenvalue weighted by atomic mass is 35.5. The minimum Gasteiger partial charge on any atom is -0.236 e. The number of para-hydroxylation sites is 1. The minimum atomic E-state index is 0.545. The molecule has 2 heteroatoms. The van der Waals surface area contributed by atoms with Gasteiger partial charge in [-0.15, -0.1) is 0 Å². The van der Waals surface area contributed by atoms with Gasteiger partial charge in [0.25, 0.3) is 0 Å². The Balaban J connectivity index is 0. The molecule has 2 rings (SSSR count). The Morgan fingerprint density at radius 3 is 2.22 bits per heavy atom. The molecule has 23 heavy (non-hydrogen) atoms. The Bertz CT molecular complexity index is 571. The molecule has 0 radical (unpaired) electrons. The van der Waals surface area contributed by atoms with E-state index >= 15 is 0 Å². The van der Waals surface area contributed by atoms with Gasteiger partial charge in [-0.2, -0.15) is 0 Å². The van der Waals surface area contributed by atoms with Crippen LogP contribution in [0.5, 0.6) is 0 Å². The fourth-order valence-electron chi connectivity index (χ4n) is 1.42. The highest BCUT2D eigenvalue weighted by Crippen LogP contribution is 2.13. The van der Waals surface area contributed by atoms with Crippen LogP contribution in [-0.4, -0.2) is 4.98 Å². The first-order valence-electron chi connectivity index (χ1n) is 8.47. The van der Waals surface area contributed by atoms with Crippen molar-refractivity contribution < 1.29 is 0 Å². The zero-order chi connectivity index (χ0) is 18.1. The normalized spacial score (nSPS) is 10.0. The number of hydrogen-bond donors (Lipinski definition) is 0. The molecular weight excluding hydrogens is 302 g/mol. The number of nitrogens with zero attached hydrogens (tertiary/aromatic N) is 1. The lowest BCUT2D eigenvalue weighted by Gasteiger charge is -1.94. The van der Waals surface area contributed by atoms with Gasteiger partial charge in [-0.1, -0.05) is 88.2 Å². The lowest BCUT2D eigenvalue weighted by molar-refractivity contribution is 1.10. The fourth-order valence-corrected chi connectivity index (χ4v) is 1.57. The summed E-state index contributed by atoms with van der Waals surface area (Å²) < 4.78 is 0. The minimum absolute atomic E-state index is 0.545. The van der Waals surface area contributed by atoms with Gasteiger partial charge in [0.05, 0.1) is 5.52 Å². The molecule has 0 aliphatic rings. The third-order valence-electron chi connectivity index (χ3n) is 2.70. The van der Waals surface area contributed by atoms with Gasteiger partial charge >= 0.3 is 0 Å². The lowest BCUT2D eigenvalue weighted by Crippen LogP contribution is -1.76. The lowest BCUT2D eigenvalue weighted by atomic mass is 10.2. The van der Waals surface area contributed by atoms with Crippen LogP contribution >= 0.6 is 11.6 Å². The molecule has 0 bridgehead atoms. The predicted molar refractivity (Wildman–Crippen MR) is 108 cm³/mol. The number of aromatic nitrogens is 1. The van der Waals surface area contributed by atoms with Gasteiger partial charge < -0.3 is 0 Å².